The van der Waals surface area contributed by atoms with Gasteiger partial charge in [0, 0.05) is 31.4 Å². The van der Waals surface area contributed by atoms with E-state index in [9.17, 15) is 0 Å². The van der Waals surface area contributed by atoms with Crippen molar-refractivity contribution in [2.24, 2.45) is 0 Å². The highest BCUT2D eigenvalue weighted by molar-refractivity contribution is 7.05. The second-order valence-electron chi connectivity index (χ2n) is 4.55. The molecule has 0 aliphatic heterocycles. The standard InChI is InChI=1S/C12H19N5S/c1-5-17-7-11(9(2)14-17)6-16(4)8-12-10(3)13-15-18-12/h7H,5-6,8H2,1-4H3. The first-order chi connectivity index (χ1) is 8.60. The molecule has 2 aromatic heterocycles. The van der Waals surface area contributed by atoms with Crippen LogP contribution in [0.4, 0.5) is 0 Å². The first kappa shape index (κ1) is 13.2. The van der Waals surface area contributed by atoms with Crippen LogP contribution >= 0.6 is 11.5 Å². The Kier molecular flexibility index (Phi) is 4.08. The third kappa shape index (κ3) is 2.94. The normalized spacial score (nSPS) is 11.4. The molecular formula is C12H19N5S. The smallest absolute Gasteiger partial charge is 0.0769 e. The van der Waals surface area contributed by atoms with Crippen LogP contribution in [0.5, 0.6) is 0 Å². The summed E-state index contributed by atoms with van der Waals surface area (Å²) < 4.78 is 5.95. The summed E-state index contributed by atoms with van der Waals surface area (Å²) >= 11 is 1.48. The SMILES string of the molecule is CCn1cc(CN(C)Cc2snnc2C)c(C)n1. The quantitative estimate of drug-likeness (QED) is 0.829. The summed E-state index contributed by atoms with van der Waals surface area (Å²) in [5, 5.41) is 8.50. The van der Waals surface area contributed by atoms with Crippen molar-refractivity contribution in [3.05, 3.63) is 28.0 Å². The van der Waals surface area contributed by atoms with Crippen LogP contribution in [-0.4, -0.2) is 31.3 Å². The molecule has 0 atom stereocenters. The lowest BCUT2D eigenvalue weighted by atomic mass is 10.2. The zero-order chi connectivity index (χ0) is 13.1. The van der Waals surface area contributed by atoms with Crippen molar-refractivity contribution in [3.63, 3.8) is 0 Å². The first-order valence-corrected chi connectivity index (χ1v) is 6.86. The van der Waals surface area contributed by atoms with Gasteiger partial charge in [0.1, 0.15) is 0 Å². The Morgan fingerprint density at radius 1 is 1.28 bits per heavy atom. The van der Waals surface area contributed by atoms with Crippen molar-refractivity contribution in [3.8, 4) is 0 Å². The summed E-state index contributed by atoms with van der Waals surface area (Å²) in [7, 11) is 2.11. The van der Waals surface area contributed by atoms with Crippen LogP contribution in [0.1, 0.15) is 28.8 Å². The lowest BCUT2D eigenvalue weighted by molar-refractivity contribution is 0.320. The van der Waals surface area contributed by atoms with Crippen molar-refractivity contribution in [1.82, 2.24) is 24.3 Å². The van der Waals surface area contributed by atoms with Crippen molar-refractivity contribution in [1.29, 1.82) is 0 Å². The fourth-order valence-corrected chi connectivity index (χ4v) is 2.58. The van der Waals surface area contributed by atoms with Crippen LogP contribution in [-0.2, 0) is 19.6 Å². The molecule has 5 nitrogen and oxygen atoms in total. The Labute approximate surface area is 112 Å². The summed E-state index contributed by atoms with van der Waals surface area (Å²) in [5.41, 5.74) is 3.44. The molecule has 18 heavy (non-hydrogen) atoms. The zero-order valence-electron chi connectivity index (χ0n) is 11.3. The number of rotatable bonds is 5. The number of hydrogen-bond acceptors (Lipinski definition) is 5. The zero-order valence-corrected chi connectivity index (χ0v) is 12.2. The minimum Gasteiger partial charge on any atom is -0.297 e. The molecular weight excluding hydrogens is 246 g/mol. The molecule has 0 aliphatic carbocycles. The van der Waals surface area contributed by atoms with Gasteiger partial charge in [-0.2, -0.15) is 5.10 Å². The number of aromatic nitrogens is 4. The minimum atomic E-state index is 0.889. The lowest BCUT2D eigenvalue weighted by Crippen LogP contribution is -2.17. The van der Waals surface area contributed by atoms with E-state index in [1.165, 1.54) is 22.0 Å². The molecule has 2 aromatic rings. The monoisotopic (exact) mass is 265 g/mol. The van der Waals surface area contributed by atoms with Crippen LogP contribution in [0, 0.1) is 13.8 Å². The van der Waals surface area contributed by atoms with Crippen molar-refractivity contribution < 1.29 is 0 Å². The summed E-state index contributed by atoms with van der Waals surface area (Å²) in [6, 6.07) is 0. The molecule has 0 unspecified atom stereocenters. The summed E-state index contributed by atoms with van der Waals surface area (Å²) in [6.45, 7) is 8.89. The van der Waals surface area contributed by atoms with Gasteiger partial charge in [-0.3, -0.25) is 9.58 Å². The van der Waals surface area contributed by atoms with Crippen molar-refractivity contribution in [2.75, 3.05) is 7.05 Å². The summed E-state index contributed by atoms with van der Waals surface area (Å²) in [5.74, 6) is 0. The molecule has 0 saturated carbocycles. The van der Waals surface area contributed by atoms with Gasteiger partial charge in [0.15, 0.2) is 0 Å². The summed E-state index contributed by atoms with van der Waals surface area (Å²) in [4.78, 5) is 3.50. The Morgan fingerprint density at radius 2 is 2.06 bits per heavy atom. The molecule has 0 saturated heterocycles. The Balaban J connectivity index is 2.00. The van der Waals surface area contributed by atoms with E-state index in [0.717, 1.165) is 31.0 Å². The molecule has 2 heterocycles. The van der Waals surface area contributed by atoms with Gasteiger partial charge in [0.25, 0.3) is 0 Å². The predicted octanol–water partition coefficient (Wildman–Crippen LogP) is 2.00. The molecule has 0 N–H and O–H groups in total. The maximum Gasteiger partial charge on any atom is 0.0769 e. The average Bonchev–Trinajstić information content (AvgIpc) is 2.87. The summed E-state index contributed by atoms with van der Waals surface area (Å²) in [6.07, 6.45) is 2.13. The highest BCUT2D eigenvalue weighted by Crippen LogP contribution is 2.14. The first-order valence-electron chi connectivity index (χ1n) is 6.09. The van der Waals surface area contributed by atoms with Crippen molar-refractivity contribution >= 4 is 11.5 Å². The highest BCUT2D eigenvalue weighted by Gasteiger charge is 2.10. The topological polar surface area (TPSA) is 46.8 Å². The van der Waals surface area contributed by atoms with Gasteiger partial charge >= 0.3 is 0 Å². The Bertz CT molecular complexity index is 516. The number of nitrogens with zero attached hydrogens (tertiary/aromatic N) is 5. The average molecular weight is 265 g/mol. The van der Waals surface area contributed by atoms with Gasteiger partial charge in [-0.05, 0) is 39.4 Å². The molecule has 98 valence electrons. The Morgan fingerprint density at radius 3 is 2.61 bits per heavy atom. The Hall–Kier alpha value is -1.27. The lowest BCUT2D eigenvalue weighted by Gasteiger charge is -2.14. The van der Waals surface area contributed by atoms with Gasteiger partial charge in [-0.15, -0.1) is 5.10 Å². The van der Waals surface area contributed by atoms with Gasteiger partial charge in [0.05, 0.1) is 16.3 Å². The van der Waals surface area contributed by atoms with E-state index in [1.807, 2.05) is 11.6 Å². The van der Waals surface area contributed by atoms with Gasteiger partial charge in [0.2, 0.25) is 0 Å². The second-order valence-corrected chi connectivity index (χ2v) is 5.39. The highest BCUT2D eigenvalue weighted by atomic mass is 32.1. The van der Waals surface area contributed by atoms with E-state index < -0.39 is 0 Å². The van der Waals surface area contributed by atoms with Crippen LogP contribution < -0.4 is 0 Å². The van der Waals surface area contributed by atoms with Crippen LogP contribution in [0.2, 0.25) is 0 Å². The third-order valence-electron chi connectivity index (χ3n) is 2.97. The molecule has 0 aliphatic rings. The molecule has 0 spiro atoms. The number of hydrogen-bond donors (Lipinski definition) is 0. The van der Waals surface area contributed by atoms with E-state index in [-0.39, 0.29) is 0 Å². The van der Waals surface area contributed by atoms with Crippen LogP contribution in [0.3, 0.4) is 0 Å². The van der Waals surface area contributed by atoms with E-state index in [4.69, 9.17) is 0 Å². The maximum atomic E-state index is 4.46. The van der Waals surface area contributed by atoms with E-state index in [1.54, 1.807) is 0 Å². The molecule has 0 bridgehead atoms. The van der Waals surface area contributed by atoms with Gasteiger partial charge < -0.3 is 0 Å². The van der Waals surface area contributed by atoms with E-state index in [0.29, 0.717) is 0 Å². The molecule has 0 radical (unpaired) electrons. The largest absolute Gasteiger partial charge is 0.297 e. The minimum absolute atomic E-state index is 0.889. The second kappa shape index (κ2) is 5.58. The van der Waals surface area contributed by atoms with E-state index in [2.05, 4.69) is 46.7 Å². The molecule has 0 amide bonds. The molecule has 0 aromatic carbocycles. The molecule has 6 heteroatoms. The molecule has 0 fully saturated rings. The predicted molar refractivity (Wildman–Crippen MR) is 72.5 cm³/mol. The van der Waals surface area contributed by atoms with Crippen LogP contribution in [0.25, 0.3) is 0 Å². The maximum absolute atomic E-state index is 4.46. The van der Waals surface area contributed by atoms with Gasteiger partial charge in [-0.25, -0.2) is 0 Å². The number of aryl methyl sites for hydroxylation is 3. The van der Waals surface area contributed by atoms with Crippen molar-refractivity contribution in [2.45, 2.75) is 40.4 Å². The third-order valence-corrected chi connectivity index (χ3v) is 3.78. The van der Waals surface area contributed by atoms with Crippen LogP contribution in [0.15, 0.2) is 6.20 Å². The fourth-order valence-electron chi connectivity index (χ4n) is 1.86. The fraction of sp³-hybridized carbons (Fsp3) is 0.583. The molecule has 2 rings (SSSR count). The van der Waals surface area contributed by atoms with Gasteiger partial charge in [-0.1, -0.05) is 4.49 Å². The van der Waals surface area contributed by atoms with E-state index >= 15 is 0 Å².